The molecule has 3 N–H and O–H groups in total. The molecule has 0 amide bonds. The number of nitrogen functional groups attached to an aromatic ring is 1. The maximum atomic E-state index is 13.4. The first-order chi connectivity index (χ1) is 14.1. The van der Waals surface area contributed by atoms with Crippen molar-refractivity contribution in [1.29, 1.82) is 0 Å². The lowest BCUT2D eigenvalue weighted by molar-refractivity contribution is 0.174. The summed E-state index contributed by atoms with van der Waals surface area (Å²) in [6, 6.07) is 5.77. The van der Waals surface area contributed by atoms with Crippen LogP contribution in [-0.4, -0.2) is 32.9 Å². The summed E-state index contributed by atoms with van der Waals surface area (Å²) in [6.45, 7) is 5.82. The highest BCUT2D eigenvalue weighted by Gasteiger charge is 2.13. The fraction of sp³-hybridized carbons (Fsp3) is 0.316. The number of hydrogen-bond acceptors (Lipinski definition) is 8. The van der Waals surface area contributed by atoms with Gasteiger partial charge < -0.3 is 29.8 Å². The number of anilines is 1. The fourth-order valence-corrected chi connectivity index (χ4v) is 2.98. The largest absolute Gasteiger partial charge is 0.480 e. The Hall–Kier alpha value is -3.56. The number of nitrogens with two attached hydrogens (primary N) is 1. The lowest BCUT2D eigenvalue weighted by atomic mass is 10.2. The van der Waals surface area contributed by atoms with E-state index in [9.17, 15) is 4.39 Å². The van der Waals surface area contributed by atoms with Crippen LogP contribution in [0, 0.1) is 6.08 Å². The quantitative estimate of drug-likeness (QED) is 0.320. The molecule has 1 aromatic carbocycles. The predicted octanol–water partition coefficient (Wildman–Crippen LogP) is 2.33. The molecule has 29 heavy (non-hydrogen) atoms. The zero-order valence-electron chi connectivity index (χ0n) is 15.7. The summed E-state index contributed by atoms with van der Waals surface area (Å²) in [7, 11) is 0. The van der Waals surface area contributed by atoms with Gasteiger partial charge in [-0.25, -0.2) is 4.98 Å². The summed E-state index contributed by atoms with van der Waals surface area (Å²) in [5.74, 6) is 2.04. The Morgan fingerprint density at radius 1 is 1.28 bits per heavy atom. The molecule has 0 atom stereocenters. The van der Waals surface area contributed by atoms with E-state index in [1.165, 1.54) is 0 Å². The molecule has 0 aliphatic carbocycles. The standard InChI is InChI=1S/C19H21FN6O3/c1-12(22-9-13-4-5-14-15(8-13)29-11-28-14)27-7-3-2-6-26-10-23-16-17(21)24-19(20)25-18(16)26/h4-5,8,10,22H,1-3,6-7,9,11H2,(H2,21,24,25). The fourth-order valence-electron chi connectivity index (χ4n) is 2.98. The highest BCUT2D eigenvalue weighted by molar-refractivity contribution is 5.81. The van der Waals surface area contributed by atoms with Crippen LogP contribution in [0.4, 0.5) is 10.2 Å². The van der Waals surface area contributed by atoms with Gasteiger partial charge in [0.2, 0.25) is 6.79 Å². The average Bonchev–Trinajstić information content (AvgIpc) is 3.32. The summed E-state index contributed by atoms with van der Waals surface area (Å²) in [4.78, 5) is 11.4. The van der Waals surface area contributed by atoms with Crippen LogP contribution in [0.2, 0.25) is 0 Å². The lowest BCUT2D eigenvalue weighted by Gasteiger charge is -2.12. The monoisotopic (exact) mass is 400 g/mol. The third-order valence-electron chi connectivity index (χ3n) is 4.46. The van der Waals surface area contributed by atoms with Crippen LogP contribution >= 0.6 is 0 Å². The number of hydrogen-bond donors (Lipinski definition) is 2. The number of nitrogens with one attached hydrogen (secondary N) is 1. The van der Waals surface area contributed by atoms with E-state index in [4.69, 9.17) is 19.9 Å². The highest BCUT2D eigenvalue weighted by atomic mass is 19.1. The Balaban J connectivity index is 1.18. The Bertz CT molecular complexity index is 1040. The number of ether oxygens (including phenoxy) is 3. The van der Waals surface area contributed by atoms with Gasteiger partial charge in [0.05, 0.1) is 12.9 Å². The molecule has 9 nitrogen and oxygen atoms in total. The van der Waals surface area contributed by atoms with Gasteiger partial charge >= 0.3 is 6.08 Å². The molecule has 4 rings (SSSR count). The molecule has 0 fully saturated rings. The van der Waals surface area contributed by atoms with Gasteiger partial charge in [-0.15, -0.1) is 0 Å². The second kappa shape index (κ2) is 8.21. The Labute approximate surface area is 166 Å². The molecule has 3 aromatic rings. The van der Waals surface area contributed by atoms with Crippen LogP contribution < -0.4 is 20.5 Å². The molecule has 3 heterocycles. The van der Waals surface area contributed by atoms with Crippen molar-refractivity contribution >= 4 is 17.0 Å². The van der Waals surface area contributed by atoms with Crippen molar-refractivity contribution in [2.75, 3.05) is 19.1 Å². The first-order valence-corrected chi connectivity index (χ1v) is 9.18. The van der Waals surface area contributed by atoms with Gasteiger partial charge in [0.25, 0.3) is 0 Å². The van der Waals surface area contributed by atoms with Crippen LogP contribution in [0.15, 0.2) is 37.0 Å². The van der Waals surface area contributed by atoms with E-state index in [0.29, 0.717) is 36.7 Å². The molecular weight excluding hydrogens is 379 g/mol. The van der Waals surface area contributed by atoms with Crippen LogP contribution in [0.5, 0.6) is 11.5 Å². The smallest absolute Gasteiger partial charge is 0.312 e. The van der Waals surface area contributed by atoms with Gasteiger partial charge in [0, 0.05) is 13.1 Å². The molecule has 152 valence electrons. The van der Waals surface area contributed by atoms with Crippen LogP contribution in [-0.2, 0) is 17.8 Å². The third-order valence-corrected chi connectivity index (χ3v) is 4.46. The SMILES string of the molecule is C=C(NCc1ccc2c(c1)OCO2)OCCCCn1cnc2c(N)nc(F)nc21. The number of nitrogens with zero attached hydrogens (tertiary/aromatic N) is 4. The molecule has 2 aromatic heterocycles. The van der Waals surface area contributed by atoms with Gasteiger partial charge in [0.15, 0.2) is 28.8 Å². The minimum atomic E-state index is -0.857. The van der Waals surface area contributed by atoms with Gasteiger partial charge in [-0.05, 0) is 37.1 Å². The number of aryl methyl sites for hydroxylation is 1. The number of fused-ring (bicyclic) bond motifs is 2. The van der Waals surface area contributed by atoms with E-state index in [0.717, 1.165) is 29.9 Å². The van der Waals surface area contributed by atoms with E-state index < -0.39 is 6.08 Å². The molecule has 0 unspecified atom stereocenters. The van der Waals surface area contributed by atoms with Crippen molar-refractivity contribution < 1.29 is 18.6 Å². The number of rotatable bonds is 9. The average molecular weight is 400 g/mol. The predicted molar refractivity (Wildman–Crippen MR) is 103 cm³/mol. The first-order valence-electron chi connectivity index (χ1n) is 9.18. The number of halogens is 1. The van der Waals surface area contributed by atoms with Gasteiger partial charge in [-0.1, -0.05) is 6.07 Å². The summed E-state index contributed by atoms with van der Waals surface area (Å²) >= 11 is 0. The molecule has 1 aliphatic rings. The number of benzene rings is 1. The maximum Gasteiger partial charge on any atom is 0.312 e. The molecule has 0 radical (unpaired) electrons. The first kappa shape index (κ1) is 18.8. The van der Waals surface area contributed by atoms with E-state index in [-0.39, 0.29) is 12.6 Å². The summed E-state index contributed by atoms with van der Waals surface area (Å²) < 4.78 is 31.4. The van der Waals surface area contributed by atoms with Crippen molar-refractivity contribution in [3.8, 4) is 11.5 Å². The highest BCUT2D eigenvalue weighted by Crippen LogP contribution is 2.32. The summed E-state index contributed by atoms with van der Waals surface area (Å²) in [6.07, 6.45) is 2.31. The zero-order valence-corrected chi connectivity index (χ0v) is 15.7. The van der Waals surface area contributed by atoms with Crippen molar-refractivity contribution in [2.45, 2.75) is 25.9 Å². The minimum absolute atomic E-state index is 0.0411. The van der Waals surface area contributed by atoms with Crippen molar-refractivity contribution in [3.63, 3.8) is 0 Å². The number of unbranched alkanes of at least 4 members (excludes halogenated alkanes) is 1. The van der Waals surface area contributed by atoms with E-state index in [1.807, 2.05) is 18.2 Å². The van der Waals surface area contributed by atoms with E-state index in [1.54, 1.807) is 10.9 Å². The Morgan fingerprint density at radius 2 is 2.14 bits per heavy atom. The van der Waals surface area contributed by atoms with Gasteiger partial charge in [0.1, 0.15) is 5.52 Å². The van der Waals surface area contributed by atoms with E-state index in [2.05, 4.69) is 26.8 Å². The summed E-state index contributed by atoms with van der Waals surface area (Å²) in [5.41, 5.74) is 7.50. The Kier molecular flexibility index (Phi) is 5.32. The van der Waals surface area contributed by atoms with Crippen LogP contribution in [0.1, 0.15) is 18.4 Å². The molecular formula is C19H21FN6O3. The summed E-state index contributed by atoms with van der Waals surface area (Å²) in [5, 5.41) is 3.13. The second-order valence-electron chi connectivity index (χ2n) is 6.51. The van der Waals surface area contributed by atoms with Crippen molar-refractivity contribution in [2.24, 2.45) is 0 Å². The minimum Gasteiger partial charge on any atom is -0.480 e. The lowest BCUT2D eigenvalue weighted by Crippen LogP contribution is -2.15. The molecule has 0 saturated carbocycles. The van der Waals surface area contributed by atoms with E-state index >= 15 is 0 Å². The van der Waals surface area contributed by atoms with Crippen molar-refractivity contribution in [3.05, 3.63) is 48.6 Å². The zero-order chi connectivity index (χ0) is 20.2. The van der Waals surface area contributed by atoms with Crippen LogP contribution in [0.3, 0.4) is 0 Å². The van der Waals surface area contributed by atoms with Crippen LogP contribution in [0.25, 0.3) is 11.2 Å². The molecule has 1 aliphatic heterocycles. The number of aromatic nitrogens is 4. The molecule has 0 bridgehead atoms. The van der Waals surface area contributed by atoms with Gasteiger partial charge in [-0.2, -0.15) is 14.4 Å². The third kappa shape index (κ3) is 4.31. The normalized spacial score (nSPS) is 12.3. The number of imidazole rings is 1. The Morgan fingerprint density at radius 3 is 3.03 bits per heavy atom. The molecule has 10 heteroatoms. The van der Waals surface area contributed by atoms with Gasteiger partial charge in [-0.3, -0.25) is 0 Å². The van der Waals surface area contributed by atoms with Crippen molar-refractivity contribution in [1.82, 2.24) is 24.8 Å². The molecule has 0 saturated heterocycles. The topological polar surface area (TPSA) is 109 Å². The second-order valence-corrected chi connectivity index (χ2v) is 6.51. The maximum absolute atomic E-state index is 13.4. The molecule has 0 spiro atoms.